The number of nitrogens with zero attached hydrogens (tertiary/aromatic N) is 2. The van der Waals surface area contributed by atoms with Crippen LogP contribution in [-0.4, -0.2) is 54.6 Å². The van der Waals surface area contributed by atoms with E-state index in [2.05, 4.69) is 29.1 Å². The number of aliphatic hydroxyl groups is 1. The normalized spacial score (nSPS) is 34.3. The molecule has 0 radical (unpaired) electrons. The zero-order valence-electron chi connectivity index (χ0n) is 19.8. The number of ether oxygens (including phenoxy) is 4. The van der Waals surface area contributed by atoms with Crippen molar-refractivity contribution in [3.8, 4) is 17.2 Å². The first-order valence-electron chi connectivity index (χ1n) is 11.8. The summed E-state index contributed by atoms with van der Waals surface area (Å²) in [5, 5.41) is 9.77. The summed E-state index contributed by atoms with van der Waals surface area (Å²) in [6.07, 6.45) is 4.74. The van der Waals surface area contributed by atoms with Crippen LogP contribution in [0, 0.1) is 18.8 Å². The van der Waals surface area contributed by atoms with Gasteiger partial charge in [-0.2, -0.15) is 0 Å². The smallest absolute Gasteiger partial charge is 0.215 e. The van der Waals surface area contributed by atoms with Gasteiger partial charge in [-0.05, 0) is 57.0 Å². The summed E-state index contributed by atoms with van der Waals surface area (Å²) in [6.45, 7) is 3.42. The second kappa shape index (κ2) is 7.32. The van der Waals surface area contributed by atoms with Crippen LogP contribution >= 0.6 is 0 Å². The summed E-state index contributed by atoms with van der Waals surface area (Å²) in [6, 6.07) is 6.74. The molecule has 0 amide bonds. The number of hydrogen-bond donors (Lipinski definition) is 1. The largest absolute Gasteiger partial charge is 0.493 e. The van der Waals surface area contributed by atoms with E-state index in [1.165, 1.54) is 5.56 Å². The number of likely N-dealkylation sites (tertiary alicyclic amines) is 1. The zero-order chi connectivity index (χ0) is 23.0. The van der Waals surface area contributed by atoms with Crippen LogP contribution in [0.25, 0.3) is 0 Å². The number of pyridine rings is 1. The minimum atomic E-state index is -0.637. The highest BCUT2D eigenvalue weighted by Crippen LogP contribution is 2.69. The van der Waals surface area contributed by atoms with E-state index in [4.69, 9.17) is 18.9 Å². The molecular weight excluding hydrogens is 420 g/mol. The Morgan fingerprint density at radius 2 is 2.03 bits per heavy atom. The Bertz CT molecular complexity index is 1110. The van der Waals surface area contributed by atoms with E-state index >= 15 is 0 Å². The second-order valence-electron chi connectivity index (χ2n) is 10.0. The summed E-state index contributed by atoms with van der Waals surface area (Å²) in [5.41, 5.74) is 3.96. The lowest BCUT2D eigenvalue weighted by atomic mass is 9.64. The SMILES string of the molecule is COc1ccc([C@]23CCN(C)[C@H]2CC2(OCc4c(CO)cnc(C)c4O2)[C@H]2CC23)cc1OC. The third kappa shape index (κ3) is 2.82. The monoisotopic (exact) mass is 452 g/mol. The van der Waals surface area contributed by atoms with Crippen molar-refractivity contribution < 1.29 is 24.1 Å². The van der Waals surface area contributed by atoms with Gasteiger partial charge >= 0.3 is 0 Å². The van der Waals surface area contributed by atoms with Gasteiger partial charge in [-0.3, -0.25) is 4.98 Å². The summed E-state index contributed by atoms with van der Waals surface area (Å²) >= 11 is 0. The highest BCUT2D eigenvalue weighted by molar-refractivity contribution is 5.49. The number of hydrogen-bond acceptors (Lipinski definition) is 7. The Balaban J connectivity index is 1.39. The fourth-order valence-corrected chi connectivity index (χ4v) is 6.98. The quantitative estimate of drug-likeness (QED) is 0.764. The van der Waals surface area contributed by atoms with Crippen molar-refractivity contribution in [2.24, 2.45) is 11.8 Å². The fourth-order valence-electron chi connectivity index (χ4n) is 6.98. The minimum Gasteiger partial charge on any atom is -0.493 e. The van der Waals surface area contributed by atoms with Gasteiger partial charge in [0.2, 0.25) is 5.79 Å². The molecule has 1 saturated heterocycles. The molecular formula is C26H32N2O5. The molecule has 7 nitrogen and oxygen atoms in total. The molecule has 1 aromatic heterocycles. The minimum absolute atomic E-state index is 0.0530. The van der Waals surface area contributed by atoms with Crippen LogP contribution in [0.5, 0.6) is 17.2 Å². The molecule has 7 heteroatoms. The molecule has 0 bridgehead atoms. The second-order valence-corrected chi connectivity index (χ2v) is 10.0. The molecule has 3 fully saturated rings. The van der Waals surface area contributed by atoms with Crippen molar-refractivity contribution >= 4 is 0 Å². The third-order valence-electron chi connectivity index (χ3n) is 8.73. The Kier molecular flexibility index (Phi) is 4.70. The molecule has 1 spiro atoms. The van der Waals surface area contributed by atoms with Gasteiger partial charge in [-0.25, -0.2) is 0 Å². The van der Waals surface area contributed by atoms with Gasteiger partial charge < -0.3 is 29.0 Å². The van der Waals surface area contributed by atoms with Crippen molar-refractivity contribution in [3.05, 3.63) is 46.8 Å². The standard InChI is InChI=1S/C26H32N2O5/c1-15-24-18(16(13-29)12-27-15)14-32-26(33-24)11-23-25(7-8-28(23)2,19-10-20(19)26)17-5-6-21(30-3)22(9-17)31-4/h5-6,9,12,19-20,23,29H,7-8,10-11,13-14H2,1-4H3/t19?,20-,23-,25-,26?/m0/s1. The van der Waals surface area contributed by atoms with Gasteiger partial charge in [-0.1, -0.05) is 6.07 Å². The number of likely N-dealkylation sites (N-methyl/N-ethyl adjacent to an activating group) is 1. The Hall–Kier alpha value is -2.35. The molecule has 4 aliphatic rings. The first kappa shape index (κ1) is 21.2. The lowest BCUT2D eigenvalue weighted by molar-refractivity contribution is -0.245. The molecule has 5 atom stereocenters. The maximum atomic E-state index is 9.77. The molecule has 1 N–H and O–H groups in total. The lowest BCUT2D eigenvalue weighted by Gasteiger charge is -2.50. The van der Waals surface area contributed by atoms with Crippen LogP contribution in [0.3, 0.4) is 0 Å². The number of fused-ring (bicyclic) bond motifs is 5. The van der Waals surface area contributed by atoms with E-state index < -0.39 is 5.79 Å². The molecule has 6 rings (SSSR count). The van der Waals surface area contributed by atoms with Crippen LogP contribution in [-0.2, 0) is 23.4 Å². The van der Waals surface area contributed by atoms with Crippen LogP contribution in [0.15, 0.2) is 24.4 Å². The predicted molar refractivity (Wildman–Crippen MR) is 122 cm³/mol. The average molecular weight is 453 g/mol. The van der Waals surface area contributed by atoms with Gasteiger partial charge in [0.1, 0.15) is 5.75 Å². The molecule has 3 heterocycles. The summed E-state index contributed by atoms with van der Waals surface area (Å²) in [5.74, 6) is 2.53. The highest BCUT2D eigenvalue weighted by Gasteiger charge is 2.73. The van der Waals surface area contributed by atoms with Gasteiger partial charge in [0.15, 0.2) is 11.5 Å². The lowest BCUT2D eigenvalue weighted by Crippen LogP contribution is -2.58. The van der Waals surface area contributed by atoms with Crippen LogP contribution in [0.4, 0.5) is 0 Å². The third-order valence-corrected chi connectivity index (χ3v) is 8.73. The van der Waals surface area contributed by atoms with Crippen molar-refractivity contribution in [3.63, 3.8) is 0 Å². The van der Waals surface area contributed by atoms with Gasteiger partial charge in [0, 0.05) is 41.1 Å². The van der Waals surface area contributed by atoms with E-state index in [9.17, 15) is 5.11 Å². The first-order chi connectivity index (χ1) is 16.0. The van der Waals surface area contributed by atoms with Crippen molar-refractivity contribution in [1.29, 1.82) is 0 Å². The summed E-state index contributed by atoms with van der Waals surface area (Å²) < 4.78 is 24.5. The molecule has 176 valence electrons. The molecule has 2 saturated carbocycles. The van der Waals surface area contributed by atoms with Crippen LogP contribution in [0.1, 0.15) is 41.6 Å². The fraction of sp³-hybridized carbons (Fsp3) is 0.577. The summed E-state index contributed by atoms with van der Waals surface area (Å²) in [7, 11) is 5.60. The van der Waals surface area contributed by atoms with Crippen LogP contribution in [0.2, 0.25) is 0 Å². The molecule has 2 aromatic rings. The first-order valence-corrected chi connectivity index (χ1v) is 11.8. The molecule has 2 aliphatic carbocycles. The van der Waals surface area contributed by atoms with Crippen molar-refractivity contribution in [2.45, 2.75) is 56.6 Å². The number of benzene rings is 1. The van der Waals surface area contributed by atoms with Crippen molar-refractivity contribution in [1.82, 2.24) is 9.88 Å². The Morgan fingerprint density at radius 3 is 2.79 bits per heavy atom. The van der Waals surface area contributed by atoms with Gasteiger partial charge in [0.05, 0.1) is 33.1 Å². The Labute approximate surface area is 194 Å². The van der Waals surface area contributed by atoms with Gasteiger partial charge in [0.25, 0.3) is 0 Å². The predicted octanol–water partition coefficient (Wildman–Crippen LogP) is 3.19. The van der Waals surface area contributed by atoms with E-state index in [-0.39, 0.29) is 12.0 Å². The molecule has 1 aromatic carbocycles. The number of aromatic nitrogens is 1. The molecule has 2 aliphatic heterocycles. The average Bonchev–Trinajstić information content (AvgIpc) is 3.60. The topological polar surface area (TPSA) is 73.3 Å². The zero-order valence-corrected chi connectivity index (χ0v) is 19.8. The maximum Gasteiger partial charge on any atom is 0.215 e. The summed E-state index contributed by atoms with van der Waals surface area (Å²) in [4.78, 5) is 6.96. The van der Waals surface area contributed by atoms with E-state index in [1.807, 2.05) is 13.0 Å². The molecule has 2 unspecified atom stereocenters. The maximum absolute atomic E-state index is 9.77. The number of methoxy groups -OCH3 is 2. The number of aliphatic hydroxyl groups excluding tert-OH is 1. The number of rotatable bonds is 4. The van der Waals surface area contributed by atoms with Crippen LogP contribution < -0.4 is 14.2 Å². The molecule has 33 heavy (non-hydrogen) atoms. The van der Waals surface area contributed by atoms with E-state index in [1.54, 1.807) is 20.4 Å². The van der Waals surface area contributed by atoms with Gasteiger partial charge in [-0.15, -0.1) is 0 Å². The van der Waals surface area contributed by atoms with Crippen molar-refractivity contribution in [2.75, 3.05) is 27.8 Å². The number of aryl methyl sites for hydroxylation is 1. The Morgan fingerprint density at radius 1 is 1.21 bits per heavy atom. The van der Waals surface area contributed by atoms with E-state index in [0.717, 1.165) is 59.9 Å². The van der Waals surface area contributed by atoms with E-state index in [0.29, 0.717) is 24.5 Å². The highest BCUT2D eigenvalue weighted by atomic mass is 16.7.